The van der Waals surface area contributed by atoms with Gasteiger partial charge in [0, 0.05) is 36.6 Å². The number of para-hydroxylation sites is 1. The lowest BCUT2D eigenvalue weighted by Crippen LogP contribution is -2.35. The maximum atomic E-state index is 13.3. The first-order chi connectivity index (χ1) is 17.2. The van der Waals surface area contributed by atoms with Crippen LogP contribution in [0.3, 0.4) is 0 Å². The minimum absolute atomic E-state index is 0.114. The molecule has 1 atom stereocenters. The number of halogens is 3. The number of pyridine rings is 1. The van der Waals surface area contributed by atoms with Crippen LogP contribution in [0.1, 0.15) is 49.4 Å². The molecule has 8 heteroatoms. The fraction of sp³-hybridized carbons (Fsp3) is 0.357. The highest BCUT2D eigenvalue weighted by atomic mass is 19.4. The van der Waals surface area contributed by atoms with Crippen LogP contribution in [0.2, 0.25) is 0 Å². The summed E-state index contributed by atoms with van der Waals surface area (Å²) in [6.07, 6.45) is -2.72. The number of aromatic nitrogens is 1. The molecule has 2 aromatic carbocycles. The van der Waals surface area contributed by atoms with E-state index in [0.717, 1.165) is 35.8 Å². The second-order valence-corrected chi connectivity index (χ2v) is 9.40. The summed E-state index contributed by atoms with van der Waals surface area (Å²) in [7, 11) is 0. The van der Waals surface area contributed by atoms with E-state index in [0.29, 0.717) is 30.4 Å². The number of piperidine rings is 1. The van der Waals surface area contributed by atoms with Crippen LogP contribution >= 0.6 is 0 Å². The van der Waals surface area contributed by atoms with Gasteiger partial charge in [-0.25, -0.2) is 4.98 Å². The summed E-state index contributed by atoms with van der Waals surface area (Å²) in [6, 6.07) is 19.8. The lowest BCUT2D eigenvalue weighted by molar-refractivity contribution is -0.141. The first kappa shape index (κ1) is 25.5. The number of hydrogen-bond donors (Lipinski definition) is 2. The van der Waals surface area contributed by atoms with E-state index in [1.54, 1.807) is 0 Å². The maximum Gasteiger partial charge on any atom is 0.433 e. The SMILES string of the molecule is CC1CCN(c2nc(C(F)(F)F)ccc2CNC(=O)C(C)c2ccc(Nc3ccccc3)cc2)CC1. The molecule has 36 heavy (non-hydrogen) atoms. The molecular formula is C28H31F3N4O. The summed E-state index contributed by atoms with van der Waals surface area (Å²) >= 11 is 0. The van der Waals surface area contributed by atoms with Crippen LogP contribution in [-0.2, 0) is 17.5 Å². The Bertz CT molecular complexity index is 1160. The van der Waals surface area contributed by atoms with Gasteiger partial charge in [-0.05, 0) is 61.6 Å². The Balaban J connectivity index is 1.43. The van der Waals surface area contributed by atoms with Crippen LogP contribution in [0.15, 0.2) is 66.7 Å². The van der Waals surface area contributed by atoms with Crippen molar-refractivity contribution in [1.82, 2.24) is 10.3 Å². The highest BCUT2D eigenvalue weighted by Crippen LogP contribution is 2.32. The van der Waals surface area contributed by atoms with Crippen LogP contribution in [0.5, 0.6) is 0 Å². The van der Waals surface area contributed by atoms with E-state index in [4.69, 9.17) is 0 Å². The van der Waals surface area contributed by atoms with Crippen LogP contribution in [0.25, 0.3) is 0 Å². The van der Waals surface area contributed by atoms with Crippen molar-refractivity contribution in [3.63, 3.8) is 0 Å². The lowest BCUT2D eigenvalue weighted by atomic mass is 9.98. The van der Waals surface area contributed by atoms with Gasteiger partial charge in [0.15, 0.2) is 0 Å². The topological polar surface area (TPSA) is 57.3 Å². The molecule has 1 fully saturated rings. The molecule has 1 amide bonds. The van der Waals surface area contributed by atoms with E-state index in [1.807, 2.05) is 66.4 Å². The average Bonchev–Trinajstić information content (AvgIpc) is 2.88. The quantitative estimate of drug-likeness (QED) is 0.392. The molecular weight excluding hydrogens is 465 g/mol. The average molecular weight is 497 g/mol. The van der Waals surface area contributed by atoms with Crippen molar-refractivity contribution < 1.29 is 18.0 Å². The first-order valence-corrected chi connectivity index (χ1v) is 12.2. The van der Waals surface area contributed by atoms with Crippen LogP contribution in [-0.4, -0.2) is 24.0 Å². The van der Waals surface area contributed by atoms with E-state index >= 15 is 0 Å². The number of carbonyl (C=O) groups is 1. The van der Waals surface area contributed by atoms with Gasteiger partial charge in [-0.3, -0.25) is 4.79 Å². The van der Waals surface area contributed by atoms with Crippen LogP contribution in [0, 0.1) is 5.92 Å². The molecule has 1 saturated heterocycles. The lowest BCUT2D eigenvalue weighted by Gasteiger charge is -2.33. The Kier molecular flexibility index (Phi) is 7.82. The molecule has 0 radical (unpaired) electrons. The largest absolute Gasteiger partial charge is 0.433 e. The van der Waals surface area contributed by atoms with Crippen LogP contribution in [0.4, 0.5) is 30.4 Å². The zero-order valence-corrected chi connectivity index (χ0v) is 20.5. The Morgan fingerprint density at radius 3 is 2.28 bits per heavy atom. The number of nitrogens with zero attached hydrogens (tertiary/aromatic N) is 2. The minimum Gasteiger partial charge on any atom is -0.356 e. The van der Waals surface area contributed by atoms with Gasteiger partial charge in [0.05, 0.1) is 5.92 Å². The summed E-state index contributed by atoms with van der Waals surface area (Å²) in [5.74, 6) is 0.223. The summed E-state index contributed by atoms with van der Waals surface area (Å²) in [4.78, 5) is 18.8. The molecule has 1 aliphatic rings. The molecule has 0 aliphatic carbocycles. The highest BCUT2D eigenvalue weighted by Gasteiger charge is 2.34. The van der Waals surface area contributed by atoms with Gasteiger partial charge in [-0.15, -0.1) is 0 Å². The molecule has 0 spiro atoms. The Labute approximate surface area is 209 Å². The maximum absolute atomic E-state index is 13.3. The van der Waals surface area contributed by atoms with Gasteiger partial charge in [-0.2, -0.15) is 13.2 Å². The zero-order chi connectivity index (χ0) is 25.7. The smallest absolute Gasteiger partial charge is 0.356 e. The number of nitrogens with one attached hydrogen (secondary N) is 2. The number of hydrogen-bond acceptors (Lipinski definition) is 4. The van der Waals surface area contributed by atoms with E-state index in [9.17, 15) is 18.0 Å². The van der Waals surface area contributed by atoms with Crippen molar-refractivity contribution in [1.29, 1.82) is 0 Å². The third-order valence-electron chi connectivity index (χ3n) is 6.65. The molecule has 0 saturated carbocycles. The van der Waals surface area contributed by atoms with Gasteiger partial charge < -0.3 is 15.5 Å². The number of benzene rings is 2. The Morgan fingerprint density at radius 2 is 1.64 bits per heavy atom. The Hall–Kier alpha value is -3.55. The van der Waals surface area contributed by atoms with Gasteiger partial charge in [-0.1, -0.05) is 43.3 Å². The highest BCUT2D eigenvalue weighted by molar-refractivity contribution is 5.83. The molecule has 1 unspecified atom stereocenters. The summed E-state index contributed by atoms with van der Waals surface area (Å²) in [6.45, 7) is 5.37. The normalized spacial score (nSPS) is 15.4. The van der Waals surface area contributed by atoms with Gasteiger partial charge in [0.25, 0.3) is 0 Å². The van der Waals surface area contributed by atoms with Crippen LogP contribution < -0.4 is 15.5 Å². The number of anilines is 3. The predicted molar refractivity (Wildman–Crippen MR) is 136 cm³/mol. The van der Waals surface area contributed by atoms with Gasteiger partial charge in [0.2, 0.25) is 5.91 Å². The molecule has 0 bridgehead atoms. The summed E-state index contributed by atoms with van der Waals surface area (Å²) in [5.41, 5.74) is 2.40. The molecule has 3 aromatic rings. The zero-order valence-electron chi connectivity index (χ0n) is 20.5. The third kappa shape index (κ3) is 6.36. The molecule has 1 aliphatic heterocycles. The van der Waals surface area contributed by atoms with Crippen molar-refractivity contribution in [3.8, 4) is 0 Å². The van der Waals surface area contributed by atoms with Gasteiger partial charge in [0.1, 0.15) is 11.5 Å². The minimum atomic E-state index is -4.52. The summed E-state index contributed by atoms with van der Waals surface area (Å²) in [5, 5.41) is 6.20. The predicted octanol–water partition coefficient (Wildman–Crippen LogP) is 6.50. The van der Waals surface area contributed by atoms with Crippen molar-refractivity contribution in [2.24, 2.45) is 5.92 Å². The fourth-order valence-electron chi connectivity index (χ4n) is 4.30. The van der Waals surface area contributed by atoms with Crippen molar-refractivity contribution in [3.05, 3.63) is 83.6 Å². The van der Waals surface area contributed by atoms with E-state index in [1.165, 1.54) is 6.07 Å². The van der Waals surface area contributed by atoms with Gasteiger partial charge >= 0.3 is 6.18 Å². The third-order valence-corrected chi connectivity index (χ3v) is 6.65. The van der Waals surface area contributed by atoms with Crippen molar-refractivity contribution in [2.75, 3.05) is 23.3 Å². The molecule has 190 valence electrons. The molecule has 2 heterocycles. The number of carbonyl (C=O) groups excluding carboxylic acids is 1. The van der Waals surface area contributed by atoms with E-state index in [2.05, 4.69) is 22.5 Å². The molecule has 5 nitrogen and oxygen atoms in total. The molecule has 2 N–H and O–H groups in total. The molecule has 4 rings (SSSR count). The Morgan fingerprint density at radius 1 is 1.00 bits per heavy atom. The number of rotatable bonds is 7. The summed E-state index contributed by atoms with van der Waals surface area (Å²) < 4.78 is 40.0. The fourth-order valence-corrected chi connectivity index (χ4v) is 4.30. The second-order valence-electron chi connectivity index (χ2n) is 9.40. The monoisotopic (exact) mass is 496 g/mol. The second kappa shape index (κ2) is 11.0. The number of amides is 1. The first-order valence-electron chi connectivity index (χ1n) is 12.2. The number of alkyl halides is 3. The van der Waals surface area contributed by atoms with Crippen molar-refractivity contribution in [2.45, 2.75) is 45.3 Å². The molecule has 1 aromatic heterocycles. The van der Waals surface area contributed by atoms with E-state index in [-0.39, 0.29) is 12.5 Å². The standard InChI is InChI=1S/C28H31F3N4O/c1-19-14-16-35(17-15-19)26-22(10-13-25(34-26)28(29,30)31)18-32-27(36)20(2)21-8-11-24(12-9-21)33-23-6-4-3-5-7-23/h3-13,19-20,33H,14-18H2,1-2H3,(H,32,36). The van der Waals surface area contributed by atoms with E-state index < -0.39 is 17.8 Å². The van der Waals surface area contributed by atoms with Crippen molar-refractivity contribution >= 4 is 23.1 Å².